The lowest BCUT2D eigenvalue weighted by molar-refractivity contribution is 0.405. The first-order chi connectivity index (χ1) is 7.70. The highest BCUT2D eigenvalue weighted by Crippen LogP contribution is 2.22. The van der Waals surface area contributed by atoms with Gasteiger partial charge in [-0.15, -0.1) is 0 Å². The SMILES string of the molecule is CNC(C)Cc1noc(-c2occc2C)n1. The van der Waals surface area contributed by atoms with Crippen molar-refractivity contribution < 1.29 is 8.94 Å². The lowest BCUT2D eigenvalue weighted by Gasteiger charge is -2.04. The van der Waals surface area contributed by atoms with Crippen molar-refractivity contribution in [3.8, 4) is 11.7 Å². The Morgan fingerprint density at radius 1 is 1.50 bits per heavy atom. The van der Waals surface area contributed by atoms with Crippen LogP contribution in [0.4, 0.5) is 0 Å². The van der Waals surface area contributed by atoms with Crippen molar-refractivity contribution in [1.82, 2.24) is 15.5 Å². The zero-order chi connectivity index (χ0) is 11.5. The van der Waals surface area contributed by atoms with Gasteiger partial charge in [0, 0.05) is 18.0 Å². The molecule has 0 saturated heterocycles. The minimum Gasteiger partial charge on any atom is -0.459 e. The molecule has 0 saturated carbocycles. The van der Waals surface area contributed by atoms with Gasteiger partial charge in [-0.3, -0.25) is 0 Å². The summed E-state index contributed by atoms with van der Waals surface area (Å²) in [6, 6.07) is 2.19. The van der Waals surface area contributed by atoms with Gasteiger partial charge in [-0.25, -0.2) is 0 Å². The van der Waals surface area contributed by atoms with E-state index in [9.17, 15) is 0 Å². The Hall–Kier alpha value is -1.62. The highest BCUT2D eigenvalue weighted by atomic mass is 16.5. The second-order valence-corrected chi connectivity index (χ2v) is 3.84. The zero-order valence-corrected chi connectivity index (χ0v) is 9.65. The summed E-state index contributed by atoms with van der Waals surface area (Å²) < 4.78 is 10.4. The number of rotatable bonds is 4. The Balaban J connectivity index is 2.17. The van der Waals surface area contributed by atoms with Gasteiger partial charge in [0.2, 0.25) is 0 Å². The smallest absolute Gasteiger partial charge is 0.293 e. The number of aryl methyl sites for hydroxylation is 1. The Bertz CT molecular complexity index is 461. The van der Waals surface area contributed by atoms with Crippen LogP contribution in [0.5, 0.6) is 0 Å². The zero-order valence-electron chi connectivity index (χ0n) is 9.65. The Morgan fingerprint density at radius 3 is 2.94 bits per heavy atom. The van der Waals surface area contributed by atoms with Crippen LogP contribution in [0.3, 0.4) is 0 Å². The normalized spacial score (nSPS) is 12.9. The molecule has 0 bridgehead atoms. The molecule has 16 heavy (non-hydrogen) atoms. The third kappa shape index (κ3) is 2.14. The molecular formula is C11H15N3O2. The van der Waals surface area contributed by atoms with Gasteiger partial charge in [-0.2, -0.15) is 4.98 Å². The van der Waals surface area contributed by atoms with Crippen molar-refractivity contribution in [2.75, 3.05) is 7.05 Å². The number of hydrogen-bond acceptors (Lipinski definition) is 5. The molecule has 86 valence electrons. The van der Waals surface area contributed by atoms with Gasteiger partial charge in [-0.05, 0) is 27.0 Å². The number of nitrogens with one attached hydrogen (secondary N) is 1. The average Bonchev–Trinajstić information content (AvgIpc) is 2.86. The fourth-order valence-corrected chi connectivity index (χ4v) is 1.40. The Kier molecular flexibility index (Phi) is 3.05. The maximum Gasteiger partial charge on any atom is 0.293 e. The van der Waals surface area contributed by atoms with Crippen molar-refractivity contribution in [2.24, 2.45) is 0 Å². The molecule has 0 radical (unpaired) electrons. The van der Waals surface area contributed by atoms with Crippen LogP contribution < -0.4 is 5.32 Å². The number of hydrogen-bond donors (Lipinski definition) is 1. The van der Waals surface area contributed by atoms with Crippen LogP contribution in [0.2, 0.25) is 0 Å². The fraction of sp³-hybridized carbons (Fsp3) is 0.455. The Morgan fingerprint density at radius 2 is 2.31 bits per heavy atom. The number of furan rings is 1. The minimum atomic E-state index is 0.322. The van der Waals surface area contributed by atoms with E-state index in [1.165, 1.54) is 0 Å². The van der Waals surface area contributed by atoms with Crippen LogP contribution in [0.25, 0.3) is 11.7 Å². The first-order valence-corrected chi connectivity index (χ1v) is 5.25. The van der Waals surface area contributed by atoms with Crippen molar-refractivity contribution in [1.29, 1.82) is 0 Å². The summed E-state index contributed by atoms with van der Waals surface area (Å²) >= 11 is 0. The molecule has 0 aliphatic heterocycles. The molecule has 0 aliphatic carbocycles. The van der Waals surface area contributed by atoms with E-state index in [0.29, 0.717) is 23.5 Å². The highest BCUT2D eigenvalue weighted by Gasteiger charge is 2.15. The van der Waals surface area contributed by atoms with Crippen molar-refractivity contribution in [2.45, 2.75) is 26.3 Å². The topological polar surface area (TPSA) is 64.1 Å². The minimum absolute atomic E-state index is 0.322. The molecule has 5 heteroatoms. The van der Waals surface area contributed by atoms with E-state index in [4.69, 9.17) is 8.94 Å². The largest absolute Gasteiger partial charge is 0.459 e. The maximum atomic E-state index is 5.28. The van der Waals surface area contributed by atoms with Gasteiger partial charge in [0.1, 0.15) is 0 Å². The molecule has 2 rings (SSSR count). The van der Waals surface area contributed by atoms with Crippen LogP contribution in [-0.2, 0) is 6.42 Å². The van der Waals surface area contributed by atoms with Crippen LogP contribution in [0, 0.1) is 6.92 Å². The summed E-state index contributed by atoms with van der Waals surface area (Å²) in [6.07, 6.45) is 2.35. The molecule has 5 nitrogen and oxygen atoms in total. The van der Waals surface area contributed by atoms with Gasteiger partial charge in [0.25, 0.3) is 5.89 Å². The van der Waals surface area contributed by atoms with E-state index in [0.717, 1.165) is 12.0 Å². The van der Waals surface area contributed by atoms with Gasteiger partial charge >= 0.3 is 0 Å². The van der Waals surface area contributed by atoms with E-state index in [1.54, 1.807) is 6.26 Å². The number of likely N-dealkylation sites (N-methyl/N-ethyl adjacent to an activating group) is 1. The van der Waals surface area contributed by atoms with Crippen LogP contribution in [0.15, 0.2) is 21.3 Å². The van der Waals surface area contributed by atoms with Gasteiger partial charge < -0.3 is 14.3 Å². The molecule has 0 fully saturated rings. The van der Waals surface area contributed by atoms with E-state index < -0.39 is 0 Å². The maximum absolute atomic E-state index is 5.28. The number of nitrogens with zero attached hydrogens (tertiary/aromatic N) is 2. The third-order valence-electron chi connectivity index (χ3n) is 2.51. The molecule has 2 aromatic rings. The summed E-state index contributed by atoms with van der Waals surface area (Å²) in [6.45, 7) is 4.01. The number of aromatic nitrogens is 2. The fourth-order valence-electron chi connectivity index (χ4n) is 1.40. The lowest BCUT2D eigenvalue weighted by atomic mass is 10.2. The first-order valence-electron chi connectivity index (χ1n) is 5.25. The summed E-state index contributed by atoms with van der Waals surface area (Å²) in [5, 5.41) is 7.04. The third-order valence-corrected chi connectivity index (χ3v) is 2.51. The molecule has 0 aromatic carbocycles. The lowest BCUT2D eigenvalue weighted by Crippen LogP contribution is -2.24. The van der Waals surface area contributed by atoms with Crippen LogP contribution in [-0.4, -0.2) is 23.2 Å². The molecule has 0 amide bonds. The second kappa shape index (κ2) is 4.49. The van der Waals surface area contributed by atoms with Crippen LogP contribution >= 0.6 is 0 Å². The average molecular weight is 221 g/mol. The predicted octanol–water partition coefficient (Wildman–Crippen LogP) is 1.79. The van der Waals surface area contributed by atoms with Gasteiger partial charge in [-0.1, -0.05) is 5.16 Å². The van der Waals surface area contributed by atoms with Crippen molar-refractivity contribution in [3.63, 3.8) is 0 Å². The molecule has 1 N–H and O–H groups in total. The van der Waals surface area contributed by atoms with Gasteiger partial charge in [0.05, 0.1) is 6.26 Å². The molecule has 2 heterocycles. The van der Waals surface area contributed by atoms with E-state index >= 15 is 0 Å². The highest BCUT2D eigenvalue weighted by molar-refractivity contribution is 5.49. The standard InChI is InChI=1S/C11H15N3O2/c1-7-4-5-15-10(7)11-13-9(14-16-11)6-8(2)12-3/h4-5,8,12H,6H2,1-3H3. The summed E-state index contributed by atoms with van der Waals surface area (Å²) in [5.41, 5.74) is 0.997. The summed E-state index contributed by atoms with van der Waals surface area (Å²) in [4.78, 5) is 4.29. The summed E-state index contributed by atoms with van der Waals surface area (Å²) in [7, 11) is 1.91. The summed E-state index contributed by atoms with van der Waals surface area (Å²) in [5.74, 6) is 1.78. The van der Waals surface area contributed by atoms with E-state index in [2.05, 4.69) is 22.4 Å². The quantitative estimate of drug-likeness (QED) is 0.852. The van der Waals surface area contributed by atoms with Crippen LogP contribution in [0.1, 0.15) is 18.3 Å². The van der Waals surface area contributed by atoms with E-state index in [-0.39, 0.29) is 0 Å². The second-order valence-electron chi connectivity index (χ2n) is 3.84. The van der Waals surface area contributed by atoms with Gasteiger partial charge in [0.15, 0.2) is 11.6 Å². The molecule has 0 spiro atoms. The molecule has 1 atom stereocenters. The molecule has 2 aromatic heterocycles. The molecule has 0 aliphatic rings. The Labute approximate surface area is 93.8 Å². The van der Waals surface area contributed by atoms with Crippen molar-refractivity contribution >= 4 is 0 Å². The molecular weight excluding hydrogens is 206 g/mol. The van der Waals surface area contributed by atoms with Crippen molar-refractivity contribution in [3.05, 3.63) is 23.7 Å². The first kappa shape index (κ1) is 10.9. The monoisotopic (exact) mass is 221 g/mol. The predicted molar refractivity (Wildman–Crippen MR) is 59.0 cm³/mol. The molecule has 1 unspecified atom stereocenters. The van der Waals surface area contributed by atoms with E-state index in [1.807, 2.05) is 20.0 Å².